The minimum absolute atomic E-state index is 0.0263. The summed E-state index contributed by atoms with van der Waals surface area (Å²) in [6, 6.07) is 12.7. The highest BCUT2D eigenvalue weighted by Gasteiger charge is 2.26. The molecule has 0 spiro atoms. The first-order valence-corrected chi connectivity index (χ1v) is 15.5. The number of carbonyl (C=O) groups excluding carboxylic acids is 1. The molecule has 46 heavy (non-hydrogen) atoms. The monoisotopic (exact) mass is 622 g/mol. The number of pyridine rings is 2. The second-order valence-electron chi connectivity index (χ2n) is 12.1. The van der Waals surface area contributed by atoms with E-state index in [9.17, 15) is 18.4 Å². The molecule has 0 unspecified atom stereocenters. The molecule has 10 heteroatoms. The predicted molar refractivity (Wildman–Crippen MR) is 175 cm³/mol. The Kier molecular flexibility index (Phi) is 8.69. The van der Waals surface area contributed by atoms with Crippen molar-refractivity contribution in [2.75, 3.05) is 20.6 Å². The summed E-state index contributed by atoms with van der Waals surface area (Å²) in [4.78, 5) is 37.9. The van der Waals surface area contributed by atoms with Crippen molar-refractivity contribution in [1.29, 1.82) is 0 Å². The van der Waals surface area contributed by atoms with Crippen LogP contribution in [0, 0.1) is 30.4 Å². The van der Waals surface area contributed by atoms with Crippen LogP contribution in [-0.2, 0) is 0 Å². The van der Waals surface area contributed by atoms with Crippen molar-refractivity contribution in [2.24, 2.45) is 0 Å². The van der Waals surface area contributed by atoms with E-state index in [4.69, 9.17) is 4.98 Å². The van der Waals surface area contributed by atoms with Crippen molar-refractivity contribution in [1.82, 2.24) is 29.3 Å². The number of imidazole rings is 1. The van der Waals surface area contributed by atoms with E-state index in [2.05, 4.69) is 52.6 Å². The third-order valence-corrected chi connectivity index (χ3v) is 9.09. The first-order valence-electron chi connectivity index (χ1n) is 15.5. The second-order valence-corrected chi connectivity index (χ2v) is 12.1. The molecular weight excluding hydrogens is 586 g/mol. The molecule has 0 bridgehead atoms. The van der Waals surface area contributed by atoms with E-state index in [1.807, 2.05) is 24.4 Å². The molecule has 0 radical (unpaired) electrons. The van der Waals surface area contributed by atoms with Crippen LogP contribution in [0.5, 0.6) is 0 Å². The number of fused-ring (bicyclic) bond motifs is 3. The summed E-state index contributed by atoms with van der Waals surface area (Å²) in [6.07, 6.45) is 7.82. The van der Waals surface area contributed by atoms with Crippen LogP contribution in [0.1, 0.15) is 72.0 Å². The lowest BCUT2D eigenvalue weighted by molar-refractivity contribution is 0.0956. The van der Waals surface area contributed by atoms with Gasteiger partial charge in [0.1, 0.15) is 16.9 Å². The van der Waals surface area contributed by atoms with Gasteiger partial charge in [0.05, 0.1) is 29.8 Å². The first-order chi connectivity index (χ1) is 22.1. The number of rotatable bonds is 6. The lowest BCUT2D eigenvalue weighted by Gasteiger charge is -2.34. The summed E-state index contributed by atoms with van der Waals surface area (Å²) in [5, 5.41) is 3.69. The second kappa shape index (κ2) is 12.9. The van der Waals surface area contributed by atoms with Crippen molar-refractivity contribution in [2.45, 2.75) is 57.7 Å². The molecule has 1 N–H and O–H groups in total. The van der Waals surface area contributed by atoms with Gasteiger partial charge in [-0.15, -0.1) is 0 Å². The molecule has 1 aliphatic carbocycles. The van der Waals surface area contributed by atoms with Gasteiger partial charge >= 0.3 is 0 Å². The highest BCUT2D eigenvalue weighted by molar-refractivity contribution is 6.03. The van der Waals surface area contributed by atoms with Gasteiger partial charge in [-0.05, 0) is 102 Å². The van der Waals surface area contributed by atoms with Gasteiger partial charge in [-0.1, -0.05) is 17.9 Å². The Hall–Kier alpha value is -4.88. The molecule has 1 aliphatic rings. The molecule has 3 heterocycles. The van der Waals surface area contributed by atoms with Crippen molar-refractivity contribution in [3.8, 4) is 11.8 Å². The number of benzene rings is 2. The zero-order chi connectivity index (χ0) is 32.5. The van der Waals surface area contributed by atoms with Gasteiger partial charge in [0, 0.05) is 29.2 Å². The number of hydrogen-bond acceptors (Lipinski definition) is 5. The number of amides is 1. The van der Waals surface area contributed by atoms with Crippen LogP contribution in [0.25, 0.3) is 21.9 Å². The van der Waals surface area contributed by atoms with Crippen LogP contribution < -0.4 is 10.9 Å². The van der Waals surface area contributed by atoms with Crippen LogP contribution >= 0.6 is 0 Å². The summed E-state index contributed by atoms with van der Waals surface area (Å²) in [5.41, 5.74) is 3.38. The predicted octanol–water partition coefficient (Wildman–Crippen LogP) is 5.77. The molecule has 2 aromatic carbocycles. The van der Waals surface area contributed by atoms with Crippen molar-refractivity contribution < 1.29 is 13.6 Å². The Labute approximate surface area is 266 Å². The summed E-state index contributed by atoms with van der Waals surface area (Å²) in [6.45, 7) is 3.76. The smallest absolute Gasteiger partial charge is 0.263 e. The van der Waals surface area contributed by atoms with Crippen LogP contribution in [-0.4, -0.2) is 56.6 Å². The third kappa shape index (κ3) is 6.03. The first kappa shape index (κ1) is 31.1. The number of hydrogen-bond donors (Lipinski definition) is 1. The van der Waals surface area contributed by atoms with Gasteiger partial charge < -0.3 is 19.4 Å². The minimum atomic E-state index is -1.000. The van der Waals surface area contributed by atoms with Gasteiger partial charge in [-0.3, -0.25) is 14.6 Å². The van der Waals surface area contributed by atoms with E-state index in [0.717, 1.165) is 71.1 Å². The Morgan fingerprint density at radius 2 is 1.85 bits per heavy atom. The quantitative estimate of drug-likeness (QED) is 0.243. The molecule has 1 fully saturated rings. The van der Waals surface area contributed by atoms with E-state index in [1.165, 1.54) is 22.9 Å². The van der Waals surface area contributed by atoms with E-state index in [1.54, 1.807) is 13.0 Å². The molecular formula is C36H36F2N6O2. The Morgan fingerprint density at radius 3 is 2.59 bits per heavy atom. The highest BCUT2D eigenvalue weighted by atomic mass is 19.2. The van der Waals surface area contributed by atoms with Gasteiger partial charge in [0.25, 0.3) is 11.5 Å². The van der Waals surface area contributed by atoms with Crippen LogP contribution in [0.15, 0.2) is 65.7 Å². The average molecular weight is 623 g/mol. The largest absolute Gasteiger partial charge is 0.341 e. The molecule has 0 saturated heterocycles. The third-order valence-electron chi connectivity index (χ3n) is 9.09. The van der Waals surface area contributed by atoms with Gasteiger partial charge in [0.15, 0.2) is 11.6 Å². The molecule has 1 saturated carbocycles. The zero-order valence-corrected chi connectivity index (χ0v) is 26.3. The van der Waals surface area contributed by atoms with Crippen molar-refractivity contribution in [3.63, 3.8) is 0 Å². The summed E-state index contributed by atoms with van der Waals surface area (Å²) >= 11 is 0. The SMILES string of the molecule is Cc1nc2cnc3ccc(C#CCNC(=O)c4cccn([C@@H](C)c5ccc(F)c(F)c5)c4=O)cc3c2n1C1CCC(N(C)C)CC1. The summed E-state index contributed by atoms with van der Waals surface area (Å²) < 4.78 is 30.9. The topological polar surface area (TPSA) is 85.0 Å². The number of aryl methyl sites for hydroxylation is 1. The minimum Gasteiger partial charge on any atom is -0.341 e. The van der Waals surface area contributed by atoms with E-state index in [-0.39, 0.29) is 12.1 Å². The van der Waals surface area contributed by atoms with Gasteiger partial charge in [-0.25, -0.2) is 13.8 Å². The number of halogens is 2. The highest BCUT2D eigenvalue weighted by Crippen LogP contribution is 2.36. The summed E-state index contributed by atoms with van der Waals surface area (Å²) in [5.74, 6) is 4.57. The van der Waals surface area contributed by atoms with Gasteiger partial charge in [0.2, 0.25) is 0 Å². The molecule has 1 amide bonds. The molecule has 236 valence electrons. The van der Waals surface area contributed by atoms with E-state index < -0.39 is 29.1 Å². The fourth-order valence-electron chi connectivity index (χ4n) is 6.54. The number of nitrogens with zero attached hydrogens (tertiary/aromatic N) is 5. The molecule has 5 aromatic rings. The standard InChI is InChI=1S/C36H36F2N6O2/c1-22(25-10-15-30(37)31(38)20-25)43-18-6-8-28(36(43)46)35(45)39-17-5-7-24-9-16-32-29(19-24)34-33(21-40-32)41-23(2)44(34)27-13-11-26(12-14-27)42(3)4/h6,8-10,15-16,18-22,26-27H,11-14,17H2,1-4H3,(H,39,45)/t22-,26?,27?/m0/s1. The van der Waals surface area contributed by atoms with Crippen LogP contribution in [0.3, 0.4) is 0 Å². The maximum absolute atomic E-state index is 13.8. The summed E-state index contributed by atoms with van der Waals surface area (Å²) in [7, 11) is 4.30. The fourth-order valence-corrected chi connectivity index (χ4v) is 6.54. The number of nitrogens with one attached hydrogen (secondary N) is 1. The fraction of sp³-hybridized carbons (Fsp3) is 0.333. The van der Waals surface area contributed by atoms with E-state index >= 15 is 0 Å². The number of carbonyl (C=O) groups is 1. The lowest BCUT2D eigenvalue weighted by Crippen LogP contribution is -2.34. The molecule has 1 atom stereocenters. The molecule has 0 aliphatic heterocycles. The van der Waals surface area contributed by atoms with E-state index in [0.29, 0.717) is 17.6 Å². The normalized spacial score (nSPS) is 17.2. The molecule has 6 rings (SSSR count). The average Bonchev–Trinajstić information content (AvgIpc) is 3.40. The van der Waals surface area contributed by atoms with Crippen LogP contribution in [0.2, 0.25) is 0 Å². The van der Waals surface area contributed by atoms with Crippen molar-refractivity contribution >= 4 is 27.8 Å². The lowest BCUT2D eigenvalue weighted by atomic mass is 9.90. The Morgan fingerprint density at radius 1 is 1.07 bits per heavy atom. The zero-order valence-electron chi connectivity index (χ0n) is 26.3. The molecule has 8 nitrogen and oxygen atoms in total. The maximum Gasteiger partial charge on any atom is 0.263 e. The Bertz CT molecular complexity index is 2060. The Balaban J connectivity index is 1.20. The van der Waals surface area contributed by atoms with Gasteiger partial charge in [-0.2, -0.15) is 0 Å². The maximum atomic E-state index is 13.8. The molecule has 3 aromatic heterocycles. The van der Waals surface area contributed by atoms with Crippen molar-refractivity contribution in [3.05, 3.63) is 105 Å². The number of aromatic nitrogens is 4. The van der Waals surface area contributed by atoms with Crippen LogP contribution in [0.4, 0.5) is 8.78 Å².